The number of carboxylic acid groups (broad SMARTS) is 2. The minimum atomic E-state index is -0.662. The number of hydrogen-bond donors (Lipinski definition) is 3. The van der Waals surface area contributed by atoms with E-state index in [4.69, 9.17) is 0 Å². The monoisotopic (exact) mass is 410 g/mol. The normalized spacial score (nSPS) is 21.3. The zero-order valence-electron chi connectivity index (χ0n) is 18.2. The summed E-state index contributed by atoms with van der Waals surface area (Å²) in [5, 5.41) is 28.9. The van der Waals surface area contributed by atoms with E-state index >= 15 is 0 Å². The van der Waals surface area contributed by atoms with E-state index in [1.807, 2.05) is 0 Å². The summed E-state index contributed by atoms with van der Waals surface area (Å²) in [4.78, 5) is 22.7. The Kier molecular flexibility index (Phi) is 9.94. The van der Waals surface area contributed by atoms with Gasteiger partial charge in [0.15, 0.2) is 0 Å². The third-order valence-electron chi connectivity index (χ3n) is 7.64. The van der Waals surface area contributed by atoms with Crippen molar-refractivity contribution in [3.63, 3.8) is 0 Å². The molecule has 2 aliphatic rings. The van der Waals surface area contributed by atoms with Crippen LogP contribution < -0.4 is 0 Å². The molecule has 0 aliphatic heterocycles. The van der Waals surface area contributed by atoms with Crippen molar-refractivity contribution in [3.8, 4) is 0 Å². The fraction of sp³-hybridized carbons (Fsp3) is 0.917. The number of hydrogen-bond acceptors (Lipinski definition) is 3. The van der Waals surface area contributed by atoms with E-state index in [0.29, 0.717) is 6.42 Å². The van der Waals surface area contributed by atoms with Gasteiger partial charge < -0.3 is 15.3 Å². The number of aliphatic hydroxyl groups is 1. The fourth-order valence-corrected chi connectivity index (χ4v) is 5.80. The highest BCUT2D eigenvalue weighted by atomic mass is 16.4. The third-order valence-corrected chi connectivity index (χ3v) is 7.64. The number of unbranched alkanes of at least 4 members (excludes halogenated alkanes) is 4. The Morgan fingerprint density at radius 1 is 0.724 bits per heavy atom. The molecule has 0 spiro atoms. The molecule has 0 amide bonds. The summed E-state index contributed by atoms with van der Waals surface area (Å²) in [5.41, 5.74) is -0.424. The molecule has 0 heterocycles. The lowest BCUT2D eigenvalue weighted by Gasteiger charge is -2.27. The van der Waals surface area contributed by atoms with E-state index < -0.39 is 17.4 Å². The average molecular weight is 411 g/mol. The van der Waals surface area contributed by atoms with Crippen molar-refractivity contribution in [2.75, 3.05) is 0 Å². The third kappa shape index (κ3) is 7.92. The van der Waals surface area contributed by atoms with Crippen LogP contribution in [0.3, 0.4) is 0 Å². The molecule has 2 rings (SSSR count). The summed E-state index contributed by atoms with van der Waals surface area (Å²) < 4.78 is 0. The summed E-state index contributed by atoms with van der Waals surface area (Å²) in [6, 6.07) is 0. The van der Waals surface area contributed by atoms with Crippen molar-refractivity contribution in [1.82, 2.24) is 0 Å². The highest BCUT2D eigenvalue weighted by molar-refractivity contribution is 5.74. The van der Waals surface area contributed by atoms with Crippen LogP contribution in [0, 0.1) is 10.8 Å². The first-order valence-corrected chi connectivity index (χ1v) is 12.0. The first-order chi connectivity index (χ1) is 13.9. The van der Waals surface area contributed by atoms with Gasteiger partial charge in [0, 0.05) is 0 Å². The van der Waals surface area contributed by atoms with Gasteiger partial charge in [-0.2, -0.15) is 0 Å². The van der Waals surface area contributed by atoms with E-state index in [0.717, 1.165) is 103 Å². The molecule has 2 saturated carbocycles. The van der Waals surface area contributed by atoms with Crippen LogP contribution in [0.15, 0.2) is 0 Å². The molecule has 2 fully saturated rings. The molecule has 0 aromatic rings. The Labute approximate surface area is 176 Å². The first kappa shape index (κ1) is 24.2. The van der Waals surface area contributed by atoms with Crippen LogP contribution in [0.5, 0.6) is 0 Å². The number of aliphatic carboxylic acids is 2. The maximum atomic E-state index is 11.6. The van der Waals surface area contributed by atoms with Crippen LogP contribution in [0.2, 0.25) is 0 Å². The predicted octanol–water partition coefficient (Wildman–Crippen LogP) is 5.93. The van der Waals surface area contributed by atoms with Crippen molar-refractivity contribution in [2.24, 2.45) is 10.8 Å². The molecular weight excluding hydrogens is 368 g/mol. The van der Waals surface area contributed by atoms with Gasteiger partial charge in [-0.05, 0) is 56.8 Å². The molecular formula is C24H42O5. The quantitative estimate of drug-likeness (QED) is 0.291. The van der Waals surface area contributed by atoms with Crippen molar-refractivity contribution >= 4 is 11.9 Å². The molecule has 3 N–H and O–H groups in total. The molecule has 0 saturated heterocycles. The molecule has 0 aromatic carbocycles. The first-order valence-electron chi connectivity index (χ1n) is 12.0. The van der Waals surface area contributed by atoms with E-state index in [-0.39, 0.29) is 11.5 Å². The Morgan fingerprint density at radius 3 is 1.76 bits per heavy atom. The molecule has 168 valence electrons. The van der Waals surface area contributed by atoms with E-state index in [9.17, 15) is 24.9 Å². The molecule has 5 heteroatoms. The number of carboxylic acids is 2. The second-order valence-electron chi connectivity index (χ2n) is 9.92. The van der Waals surface area contributed by atoms with Gasteiger partial charge >= 0.3 is 11.9 Å². The Hall–Kier alpha value is -1.10. The number of rotatable bonds is 15. The van der Waals surface area contributed by atoms with Gasteiger partial charge in [0.2, 0.25) is 0 Å². The summed E-state index contributed by atoms with van der Waals surface area (Å²) in [6.45, 7) is 0. The molecule has 0 bridgehead atoms. The lowest BCUT2D eigenvalue weighted by molar-refractivity contribution is -0.149. The van der Waals surface area contributed by atoms with Gasteiger partial charge in [-0.1, -0.05) is 64.2 Å². The van der Waals surface area contributed by atoms with Crippen molar-refractivity contribution in [3.05, 3.63) is 0 Å². The van der Waals surface area contributed by atoms with Gasteiger partial charge in [-0.25, -0.2) is 0 Å². The van der Waals surface area contributed by atoms with Crippen molar-refractivity contribution in [1.29, 1.82) is 0 Å². The summed E-state index contributed by atoms with van der Waals surface area (Å²) in [6.07, 6.45) is 17.8. The minimum absolute atomic E-state index is 0.0388. The van der Waals surface area contributed by atoms with Crippen molar-refractivity contribution in [2.45, 2.75) is 128 Å². The van der Waals surface area contributed by atoms with E-state index in [2.05, 4.69) is 0 Å². The standard InChI is InChI=1S/C24H42O5/c25-20(12-4-2-6-16-24(22(28)29)17-9-10-18-24)11-3-1-5-13-23(19-21(26)27)14-7-8-15-23/h20,25H,1-19H2,(H,26,27)(H,28,29). The van der Waals surface area contributed by atoms with Gasteiger partial charge in [-0.15, -0.1) is 0 Å². The van der Waals surface area contributed by atoms with Crippen molar-refractivity contribution < 1.29 is 24.9 Å². The number of aliphatic hydroxyl groups excluding tert-OH is 1. The SMILES string of the molecule is O=C(O)CC1(CCCCCC(O)CCCCCC2(C(=O)O)CCCC2)CCCC1. The predicted molar refractivity (Wildman–Crippen MR) is 114 cm³/mol. The second kappa shape index (κ2) is 11.9. The maximum Gasteiger partial charge on any atom is 0.309 e. The summed E-state index contributed by atoms with van der Waals surface area (Å²) in [7, 11) is 0. The Morgan fingerprint density at radius 2 is 1.24 bits per heavy atom. The summed E-state index contributed by atoms with van der Waals surface area (Å²) >= 11 is 0. The maximum absolute atomic E-state index is 11.6. The van der Waals surface area contributed by atoms with Gasteiger partial charge in [0.25, 0.3) is 0 Å². The largest absolute Gasteiger partial charge is 0.481 e. The lowest BCUT2D eigenvalue weighted by Crippen LogP contribution is -2.27. The molecule has 2 aliphatic carbocycles. The zero-order valence-corrected chi connectivity index (χ0v) is 18.2. The molecule has 1 unspecified atom stereocenters. The highest BCUT2D eigenvalue weighted by Crippen LogP contribution is 2.45. The van der Waals surface area contributed by atoms with Crippen LogP contribution in [0.25, 0.3) is 0 Å². The number of carbonyl (C=O) groups is 2. The smallest absolute Gasteiger partial charge is 0.309 e. The van der Waals surface area contributed by atoms with Crippen LogP contribution in [0.4, 0.5) is 0 Å². The van der Waals surface area contributed by atoms with Gasteiger partial charge in [0.05, 0.1) is 17.9 Å². The highest BCUT2D eigenvalue weighted by Gasteiger charge is 2.40. The van der Waals surface area contributed by atoms with Gasteiger partial charge in [0.1, 0.15) is 0 Å². The Bertz CT molecular complexity index is 503. The van der Waals surface area contributed by atoms with Gasteiger partial charge in [-0.3, -0.25) is 9.59 Å². The average Bonchev–Trinajstić information content (AvgIpc) is 3.31. The summed E-state index contributed by atoms with van der Waals surface area (Å²) in [5.74, 6) is -1.28. The molecule has 29 heavy (non-hydrogen) atoms. The molecule has 1 atom stereocenters. The van der Waals surface area contributed by atoms with Crippen LogP contribution in [-0.4, -0.2) is 33.4 Å². The van der Waals surface area contributed by atoms with Crippen LogP contribution in [0.1, 0.15) is 122 Å². The van der Waals surface area contributed by atoms with E-state index in [1.165, 1.54) is 12.8 Å². The second-order valence-corrected chi connectivity index (χ2v) is 9.92. The van der Waals surface area contributed by atoms with E-state index in [1.54, 1.807) is 0 Å². The zero-order chi connectivity index (χ0) is 21.2. The fourth-order valence-electron chi connectivity index (χ4n) is 5.80. The molecule has 0 aromatic heterocycles. The van der Waals surface area contributed by atoms with Crippen LogP contribution >= 0.6 is 0 Å². The minimum Gasteiger partial charge on any atom is -0.481 e. The lowest BCUT2D eigenvalue weighted by atomic mass is 9.78. The topological polar surface area (TPSA) is 94.8 Å². The van der Waals surface area contributed by atoms with Crippen LogP contribution in [-0.2, 0) is 9.59 Å². The molecule has 5 nitrogen and oxygen atoms in total. The Balaban J connectivity index is 1.50. The molecule has 0 radical (unpaired) electrons.